The molecule has 0 atom stereocenters. The SMILES string of the molecule is CC(C)C(=O)N1CCN(c2ccc(NC(=O)C3(c4ccccc4)CCCC3)cc2Cl)CC1. The lowest BCUT2D eigenvalue weighted by Crippen LogP contribution is -2.50. The third-order valence-corrected chi connectivity index (χ3v) is 7.15. The molecule has 2 amide bonds. The molecule has 1 saturated carbocycles. The van der Waals surface area contributed by atoms with Gasteiger partial charge in [-0.25, -0.2) is 0 Å². The van der Waals surface area contributed by atoms with Gasteiger partial charge in [-0.05, 0) is 36.6 Å². The summed E-state index contributed by atoms with van der Waals surface area (Å²) in [5, 5.41) is 3.75. The fourth-order valence-electron chi connectivity index (χ4n) is 5.01. The molecule has 0 radical (unpaired) electrons. The van der Waals surface area contributed by atoms with Crippen molar-refractivity contribution in [1.82, 2.24) is 4.90 Å². The first kappa shape index (κ1) is 22.7. The fraction of sp³-hybridized carbons (Fsp3) is 0.462. The van der Waals surface area contributed by atoms with Gasteiger partial charge in [-0.3, -0.25) is 9.59 Å². The lowest BCUT2D eigenvalue weighted by atomic mass is 9.78. The Bertz CT molecular complexity index is 962. The van der Waals surface area contributed by atoms with Gasteiger partial charge in [0.05, 0.1) is 16.1 Å². The minimum absolute atomic E-state index is 0.0204. The molecule has 1 heterocycles. The van der Waals surface area contributed by atoms with E-state index < -0.39 is 5.41 Å². The second-order valence-corrected chi connectivity index (χ2v) is 9.65. The Morgan fingerprint density at radius 3 is 2.22 bits per heavy atom. The van der Waals surface area contributed by atoms with Gasteiger partial charge in [0.25, 0.3) is 0 Å². The Kier molecular flexibility index (Phi) is 6.75. The van der Waals surface area contributed by atoms with Gasteiger partial charge in [0, 0.05) is 37.8 Å². The number of hydrogen-bond acceptors (Lipinski definition) is 3. The van der Waals surface area contributed by atoms with Crippen molar-refractivity contribution in [2.75, 3.05) is 36.4 Å². The van der Waals surface area contributed by atoms with Crippen molar-refractivity contribution >= 4 is 34.8 Å². The van der Waals surface area contributed by atoms with Crippen LogP contribution in [-0.4, -0.2) is 42.9 Å². The van der Waals surface area contributed by atoms with Crippen LogP contribution in [0.15, 0.2) is 48.5 Å². The molecule has 1 aliphatic carbocycles. The number of nitrogens with one attached hydrogen (secondary N) is 1. The van der Waals surface area contributed by atoms with E-state index in [0.717, 1.165) is 55.7 Å². The molecule has 4 rings (SSSR count). The van der Waals surface area contributed by atoms with Crippen molar-refractivity contribution in [1.29, 1.82) is 0 Å². The summed E-state index contributed by atoms with van der Waals surface area (Å²) in [5.74, 6) is 0.269. The van der Waals surface area contributed by atoms with Gasteiger partial charge in [-0.15, -0.1) is 0 Å². The number of amides is 2. The number of piperazine rings is 1. The topological polar surface area (TPSA) is 52.7 Å². The molecule has 2 aromatic carbocycles. The van der Waals surface area contributed by atoms with Crippen LogP contribution in [0.1, 0.15) is 45.1 Å². The number of benzene rings is 2. The van der Waals surface area contributed by atoms with E-state index in [1.807, 2.05) is 55.1 Å². The van der Waals surface area contributed by atoms with Crippen LogP contribution in [0.4, 0.5) is 11.4 Å². The minimum atomic E-state index is -0.467. The highest BCUT2D eigenvalue weighted by Gasteiger charge is 2.42. The summed E-state index contributed by atoms with van der Waals surface area (Å²) in [7, 11) is 0. The number of carbonyl (C=O) groups is 2. The van der Waals surface area contributed by atoms with Gasteiger partial charge in [0.15, 0.2) is 0 Å². The molecule has 2 aromatic rings. The lowest BCUT2D eigenvalue weighted by molar-refractivity contribution is -0.134. The van der Waals surface area contributed by atoms with Gasteiger partial charge in [-0.2, -0.15) is 0 Å². The molecule has 1 saturated heterocycles. The largest absolute Gasteiger partial charge is 0.367 e. The van der Waals surface area contributed by atoms with Crippen LogP contribution in [0.2, 0.25) is 5.02 Å². The van der Waals surface area contributed by atoms with E-state index in [2.05, 4.69) is 22.3 Å². The standard InChI is InChI=1S/C26H32ClN3O2/c1-19(2)24(31)30-16-14-29(15-17-30)23-11-10-21(18-22(23)27)28-25(32)26(12-6-7-13-26)20-8-4-3-5-9-20/h3-5,8-11,18-19H,6-7,12-17H2,1-2H3,(H,28,32). The summed E-state index contributed by atoms with van der Waals surface area (Å²) in [6, 6.07) is 15.9. The summed E-state index contributed by atoms with van der Waals surface area (Å²) in [5.41, 5.74) is 2.29. The van der Waals surface area contributed by atoms with Crippen molar-refractivity contribution < 1.29 is 9.59 Å². The average Bonchev–Trinajstić information content (AvgIpc) is 3.31. The molecular weight excluding hydrogens is 422 g/mol. The zero-order valence-corrected chi connectivity index (χ0v) is 19.7. The maximum Gasteiger partial charge on any atom is 0.235 e. The molecule has 0 bridgehead atoms. The normalized spacial score (nSPS) is 18.1. The zero-order chi connectivity index (χ0) is 22.7. The Balaban J connectivity index is 1.45. The molecule has 6 heteroatoms. The lowest BCUT2D eigenvalue weighted by Gasteiger charge is -2.37. The van der Waals surface area contributed by atoms with Crippen LogP contribution in [0, 0.1) is 5.92 Å². The predicted octanol–water partition coefficient (Wildman–Crippen LogP) is 5.10. The number of rotatable bonds is 5. The first-order valence-electron chi connectivity index (χ1n) is 11.6. The molecule has 0 spiro atoms. The van der Waals surface area contributed by atoms with E-state index in [-0.39, 0.29) is 17.7 Å². The van der Waals surface area contributed by atoms with Crippen molar-refractivity contribution in [2.45, 2.75) is 44.9 Å². The smallest absolute Gasteiger partial charge is 0.235 e. The average molecular weight is 454 g/mol. The molecule has 5 nitrogen and oxygen atoms in total. The van der Waals surface area contributed by atoms with E-state index in [4.69, 9.17) is 11.6 Å². The third-order valence-electron chi connectivity index (χ3n) is 6.85. The highest BCUT2D eigenvalue weighted by molar-refractivity contribution is 6.33. The monoisotopic (exact) mass is 453 g/mol. The Morgan fingerprint density at radius 2 is 1.62 bits per heavy atom. The molecule has 32 heavy (non-hydrogen) atoms. The quantitative estimate of drug-likeness (QED) is 0.685. The summed E-state index contributed by atoms with van der Waals surface area (Å²) in [4.78, 5) is 29.8. The van der Waals surface area contributed by atoms with Crippen LogP contribution >= 0.6 is 11.6 Å². The first-order valence-corrected chi connectivity index (χ1v) is 12.0. The van der Waals surface area contributed by atoms with Crippen molar-refractivity contribution in [3.63, 3.8) is 0 Å². The molecule has 0 unspecified atom stereocenters. The van der Waals surface area contributed by atoms with Crippen LogP contribution in [-0.2, 0) is 15.0 Å². The highest BCUT2D eigenvalue weighted by Crippen LogP contribution is 2.42. The van der Waals surface area contributed by atoms with E-state index in [0.29, 0.717) is 18.1 Å². The summed E-state index contributed by atoms with van der Waals surface area (Å²) >= 11 is 6.63. The Morgan fingerprint density at radius 1 is 0.969 bits per heavy atom. The fourth-order valence-corrected chi connectivity index (χ4v) is 5.31. The highest BCUT2D eigenvalue weighted by atomic mass is 35.5. The maximum atomic E-state index is 13.4. The Labute approximate surface area is 195 Å². The molecule has 2 fully saturated rings. The van der Waals surface area contributed by atoms with Crippen molar-refractivity contribution in [3.8, 4) is 0 Å². The van der Waals surface area contributed by atoms with Crippen LogP contribution in [0.3, 0.4) is 0 Å². The second kappa shape index (κ2) is 9.53. The van der Waals surface area contributed by atoms with E-state index in [1.54, 1.807) is 0 Å². The number of nitrogens with zero attached hydrogens (tertiary/aromatic N) is 2. The maximum absolute atomic E-state index is 13.4. The summed E-state index contributed by atoms with van der Waals surface area (Å²) in [6.07, 6.45) is 3.86. The van der Waals surface area contributed by atoms with Gasteiger partial charge < -0.3 is 15.1 Å². The second-order valence-electron chi connectivity index (χ2n) is 9.24. The van der Waals surface area contributed by atoms with Crippen LogP contribution < -0.4 is 10.2 Å². The van der Waals surface area contributed by atoms with Crippen molar-refractivity contribution in [3.05, 3.63) is 59.1 Å². The van der Waals surface area contributed by atoms with E-state index in [9.17, 15) is 9.59 Å². The van der Waals surface area contributed by atoms with Gasteiger partial charge in [0.1, 0.15) is 0 Å². The molecule has 1 aliphatic heterocycles. The molecule has 1 N–H and O–H groups in total. The number of halogens is 1. The minimum Gasteiger partial charge on any atom is -0.367 e. The molecular formula is C26H32ClN3O2. The first-order chi connectivity index (χ1) is 15.4. The van der Waals surface area contributed by atoms with Crippen LogP contribution in [0.25, 0.3) is 0 Å². The number of hydrogen-bond donors (Lipinski definition) is 1. The van der Waals surface area contributed by atoms with E-state index in [1.165, 1.54) is 0 Å². The van der Waals surface area contributed by atoms with Crippen molar-refractivity contribution in [2.24, 2.45) is 5.92 Å². The predicted molar refractivity (Wildman–Crippen MR) is 130 cm³/mol. The van der Waals surface area contributed by atoms with Gasteiger partial charge in [-0.1, -0.05) is 68.6 Å². The molecule has 170 valence electrons. The summed E-state index contributed by atoms with van der Waals surface area (Å²) < 4.78 is 0. The third kappa shape index (κ3) is 4.49. The molecule has 2 aliphatic rings. The van der Waals surface area contributed by atoms with E-state index >= 15 is 0 Å². The Hall–Kier alpha value is -2.53. The van der Waals surface area contributed by atoms with Gasteiger partial charge in [0.2, 0.25) is 11.8 Å². The van der Waals surface area contributed by atoms with Gasteiger partial charge >= 0.3 is 0 Å². The number of anilines is 2. The van der Waals surface area contributed by atoms with Crippen LogP contribution in [0.5, 0.6) is 0 Å². The number of carbonyl (C=O) groups excluding carboxylic acids is 2. The zero-order valence-electron chi connectivity index (χ0n) is 18.9. The summed E-state index contributed by atoms with van der Waals surface area (Å²) in [6.45, 7) is 6.77. The molecule has 0 aromatic heterocycles.